The number of para-hydroxylation sites is 1. The maximum atomic E-state index is 12.5. The number of nitrogens with one attached hydrogen (secondary N) is 1. The zero-order chi connectivity index (χ0) is 16.2. The molecule has 1 aliphatic heterocycles. The van der Waals surface area contributed by atoms with Crippen molar-refractivity contribution in [3.05, 3.63) is 36.0 Å². The molecule has 0 aliphatic carbocycles. The molecule has 1 aliphatic rings. The number of hydrogen-bond acceptors (Lipinski definition) is 3. The van der Waals surface area contributed by atoms with Crippen LogP contribution in [0.5, 0.6) is 0 Å². The Morgan fingerprint density at radius 2 is 2.04 bits per heavy atom. The quantitative estimate of drug-likeness (QED) is 0.916. The van der Waals surface area contributed by atoms with Gasteiger partial charge in [-0.15, -0.1) is 0 Å². The summed E-state index contributed by atoms with van der Waals surface area (Å²) >= 11 is 0. The fourth-order valence-electron chi connectivity index (χ4n) is 3.17. The fraction of sp³-hybridized carbons (Fsp3) is 0.500. The second kappa shape index (κ2) is 7.15. The third kappa shape index (κ3) is 3.74. The molecule has 1 amide bonds. The van der Waals surface area contributed by atoms with Crippen molar-refractivity contribution in [1.82, 2.24) is 14.8 Å². The lowest BCUT2D eigenvalue weighted by atomic mass is 10.1. The van der Waals surface area contributed by atoms with Crippen molar-refractivity contribution < 1.29 is 9.53 Å². The predicted octanol–water partition coefficient (Wildman–Crippen LogP) is 1.88. The van der Waals surface area contributed by atoms with Crippen molar-refractivity contribution in [3.63, 3.8) is 0 Å². The highest BCUT2D eigenvalue weighted by Crippen LogP contribution is 2.20. The predicted molar refractivity (Wildman–Crippen MR) is 91.7 cm³/mol. The lowest BCUT2D eigenvalue weighted by Crippen LogP contribution is -2.41. The van der Waals surface area contributed by atoms with Gasteiger partial charge in [0.2, 0.25) is 0 Å². The lowest BCUT2D eigenvalue weighted by Gasteiger charge is -2.29. The molecule has 0 saturated carbocycles. The summed E-state index contributed by atoms with van der Waals surface area (Å²) in [6, 6.07) is 8.00. The first-order valence-electron chi connectivity index (χ1n) is 8.27. The van der Waals surface area contributed by atoms with Crippen LogP contribution in [0.1, 0.15) is 17.3 Å². The topological polar surface area (TPSA) is 46.5 Å². The summed E-state index contributed by atoms with van der Waals surface area (Å²) in [7, 11) is 1.97. The summed E-state index contributed by atoms with van der Waals surface area (Å²) < 4.78 is 7.37. The number of ether oxygens (including phenoxy) is 1. The number of hydrogen-bond donors (Lipinski definition) is 1. The Bertz CT molecular complexity index is 674. The van der Waals surface area contributed by atoms with Crippen molar-refractivity contribution in [2.24, 2.45) is 13.0 Å². The molecular weight excluding hydrogens is 290 g/mol. The van der Waals surface area contributed by atoms with Gasteiger partial charge < -0.3 is 14.6 Å². The molecule has 1 aromatic carbocycles. The monoisotopic (exact) mass is 315 g/mol. The number of aromatic nitrogens is 1. The number of carbonyl (C=O) groups excluding carboxylic acids is 1. The van der Waals surface area contributed by atoms with E-state index in [2.05, 4.69) is 17.1 Å². The van der Waals surface area contributed by atoms with Gasteiger partial charge >= 0.3 is 0 Å². The van der Waals surface area contributed by atoms with E-state index in [1.54, 1.807) is 0 Å². The molecule has 0 spiro atoms. The number of nitrogens with zero attached hydrogens (tertiary/aromatic N) is 2. The van der Waals surface area contributed by atoms with Crippen LogP contribution in [0.3, 0.4) is 0 Å². The van der Waals surface area contributed by atoms with Crippen molar-refractivity contribution >= 4 is 16.8 Å². The van der Waals surface area contributed by atoms with Gasteiger partial charge in [0.05, 0.1) is 18.8 Å². The largest absolute Gasteiger partial charge is 0.379 e. The maximum absolute atomic E-state index is 12.5. The number of fused-ring (bicyclic) bond motifs is 1. The third-order valence-corrected chi connectivity index (χ3v) is 4.43. The Hall–Kier alpha value is -1.85. The molecule has 23 heavy (non-hydrogen) atoms. The van der Waals surface area contributed by atoms with Crippen molar-refractivity contribution in [1.29, 1.82) is 0 Å². The summed E-state index contributed by atoms with van der Waals surface area (Å²) in [6.07, 6.45) is 1.91. The number of carbonyl (C=O) groups is 1. The van der Waals surface area contributed by atoms with Gasteiger partial charge in [0.25, 0.3) is 5.91 Å². The smallest absolute Gasteiger partial charge is 0.253 e. The molecule has 2 aromatic rings. The Morgan fingerprint density at radius 1 is 1.30 bits per heavy atom. The first-order valence-corrected chi connectivity index (χ1v) is 8.27. The van der Waals surface area contributed by atoms with E-state index in [-0.39, 0.29) is 5.91 Å². The fourth-order valence-corrected chi connectivity index (χ4v) is 3.17. The van der Waals surface area contributed by atoms with E-state index in [4.69, 9.17) is 4.74 Å². The summed E-state index contributed by atoms with van der Waals surface area (Å²) in [6.45, 7) is 7.48. The van der Waals surface area contributed by atoms with E-state index in [0.717, 1.165) is 49.3 Å². The van der Waals surface area contributed by atoms with Crippen molar-refractivity contribution in [3.8, 4) is 0 Å². The molecule has 1 saturated heterocycles. The highest BCUT2D eigenvalue weighted by atomic mass is 16.5. The zero-order valence-electron chi connectivity index (χ0n) is 13.9. The van der Waals surface area contributed by atoms with Crippen LogP contribution in [-0.4, -0.2) is 54.8 Å². The van der Waals surface area contributed by atoms with E-state index in [9.17, 15) is 4.79 Å². The van der Waals surface area contributed by atoms with Gasteiger partial charge in [0.15, 0.2) is 0 Å². The third-order valence-electron chi connectivity index (χ3n) is 4.43. The number of morpholine rings is 1. The highest BCUT2D eigenvalue weighted by molar-refractivity contribution is 6.06. The molecule has 0 unspecified atom stereocenters. The second-order valence-corrected chi connectivity index (χ2v) is 6.40. The molecule has 1 N–H and O–H groups in total. The van der Waals surface area contributed by atoms with Crippen LogP contribution < -0.4 is 5.32 Å². The molecule has 0 bridgehead atoms. The highest BCUT2D eigenvalue weighted by Gasteiger charge is 2.16. The van der Waals surface area contributed by atoms with E-state index in [1.165, 1.54) is 0 Å². The van der Waals surface area contributed by atoms with Crippen LogP contribution in [0, 0.1) is 5.92 Å². The lowest BCUT2D eigenvalue weighted by molar-refractivity contribution is 0.0317. The molecule has 124 valence electrons. The first kappa shape index (κ1) is 16.0. The summed E-state index contributed by atoms with van der Waals surface area (Å²) in [4.78, 5) is 14.9. The van der Waals surface area contributed by atoms with Gasteiger partial charge in [-0.25, -0.2) is 0 Å². The van der Waals surface area contributed by atoms with Gasteiger partial charge in [-0.2, -0.15) is 0 Å². The number of aryl methyl sites for hydroxylation is 1. The summed E-state index contributed by atoms with van der Waals surface area (Å²) in [5, 5.41) is 4.09. The molecule has 5 nitrogen and oxygen atoms in total. The molecule has 1 atom stereocenters. The van der Waals surface area contributed by atoms with E-state index in [0.29, 0.717) is 12.5 Å². The average molecular weight is 315 g/mol. The van der Waals surface area contributed by atoms with Gasteiger partial charge in [-0.3, -0.25) is 9.69 Å². The van der Waals surface area contributed by atoms with Crippen LogP contribution in [0.2, 0.25) is 0 Å². The maximum Gasteiger partial charge on any atom is 0.253 e. The molecule has 3 rings (SSSR count). The Labute approximate surface area is 137 Å². The second-order valence-electron chi connectivity index (χ2n) is 6.40. The van der Waals surface area contributed by atoms with Crippen LogP contribution in [-0.2, 0) is 11.8 Å². The summed E-state index contributed by atoms with van der Waals surface area (Å²) in [5.74, 6) is 0.433. The normalized spacial score (nSPS) is 17.3. The molecule has 1 aromatic heterocycles. The zero-order valence-corrected chi connectivity index (χ0v) is 13.9. The van der Waals surface area contributed by atoms with E-state index in [1.807, 2.05) is 42.1 Å². The van der Waals surface area contributed by atoms with Crippen LogP contribution in [0.4, 0.5) is 0 Å². The van der Waals surface area contributed by atoms with Gasteiger partial charge in [0, 0.05) is 50.3 Å². The minimum Gasteiger partial charge on any atom is -0.379 e. The van der Waals surface area contributed by atoms with E-state index < -0.39 is 0 Å². The van der Waals surface area contributed by atoms with Crippen LogP contribution in [0.15, 0.2) is 30.5 Å². The van der Waals surface area contributed by atoms with Gasteiger partial charge in [0.1, 0.15) is 0 Å². The minimum absolute atomic E-state index is 0.00984. The Morgan fingerprint density at radius 3 is 2.83 bits per heavy atom. The van der Waals surface area contributed by atoms with Crippen LogP contribution >= 0.6 is 0 Å². The van der Waals surface area contributed by atoms with Crippen molar-refractivity contribution in [2.45, 2.75) is 6.92 Å². The van der Waals surface area contributed by atoms with Crippen molar-refractivity contribution in [2.75, 3.05) is 39.4 Å². The van der Waals surface area contributed by atoms with E-state index >= 15 is 0 Å². The number of amides is 1. The molecule has 5 heteroatoms. The SMILES string of the molecule is C[C@H](CNC(=O)c1cn(C)c2ccccc12)CN1CCOCC1. The molecule has 0 radical (unpaired) electrons. The van der Waals surface area contributed by atoms with Crippen LogP contribution in [0.25, 0.3) is 10.9 Å². The minimum atomic E-state index is 0.00984. The Kier molecular flexibility index (Phi) is 4.98. The standard InChI is InChI=1S/C18H25N3O2/c1-14(12-21-7-9-23-10-8-21)11-19-18(22)16-13-20(2)17-6-4-3-5-15(16)17/h3-6,13-14H,7-12H2,1-2H3,(H,19,22)/t14-/m1/s1. The molecule has 1 fully saturated rings. The first-order chi connectivity index (χ1) is 11.1. The molecule has 2 heterocycles. The Balaban J connectivity index is 1.58. The molecular formula is C18H25N3O2. The average Bonchev–Trinajstić information content (AvgIpc) is 2.91. The number of rotatable bonds is 5. The van der Waals surface area contributed by atoms with Gasteiger partial charge in [-0.1, -0.05) is 25.1 Å². The number of benzene rings is 1. The van der Waals surface area contributed by atoms with Gasteiger partial charge in [-0.05, 0) is 12.0 Å². The summed E-state index contributed by atoms with van der Waals surface area (Å²) in [5.41, 5.74) is 1.83.